The summed E-state index contributed by atoms with van der Waals surface area (Å²) in [6.45, 7) is -0.447. The van der Waals surface area contributed by atoms with E-state index in [9.17, 15) is 24.3 Å². The van der Waals surface area contributed by atoms with E-state index in [-0.39, 0.29) is 31.1 Å². The normalized spacial score (nSPS) is 14.0. The number of aliphatic imine (C=N–C) groups is 1. The van der Waals surface area contributed by atoms with E-state index in [0.717, 1.165) is 0 Å². The Balaban J connectivity index is 3.08. The van der Waals surface area contributed by atoms with Crippen LogP contribution in [0, 0.1) is 0 Å². The number of hydrogen-bond donors (Lipinski definition) is 9. The maximum absolute atomic E-state index is 13.1. The molecule has 0 saturated carbocycles. The first-order chi connectivity index (χ1) is 16.6. The number of rotatable bonds is 15. The molecule has 4 atom stereocenters. The molecule has 0 fully saturated rings. The Morgan fingerprint density at radius 3 is 2.06 bits per heavy atom. The van der Waals surface area contributed by atoms with Gasteiger partial charge < -0.3 is 43.4 Å². The van der Waals surface area contributed by atoms with E-state index >= 15 is 0 Å². The van der Waals surface area contributed by atoms with Crippen molar-refractivity contribution in [1.29, 1.82) is 0 Å². The maximum Gasteiger partial charge on any atom is 0.327 e. The van der Waals surface area contributed by atoms with Crippen LogP contribution in [-0.4, -0.2) is 82.9 Å². The van der Waals surface area contributed by atoms with Crippen LogP contribution in [0.1, 0.15) is 18.4 Å². The number of hydrogen-bond acceptors (Lipinski definition) is 8. The van der Waals surface area contributed by atoms with Gasteiger partial charge in [0, 0.05) is 18.7 Å². The van der Waals surface area contributed by atoms with E-state index < -0.39 is 54.5 Å². The van der Waals surface area contributed by atoms with Crippen molar-refractivity contribution in [3.63, 3.8) is 0 Å². The molecule has 1 rings (SSSR count). The molecule has 4 unspecified atom stereocenters. The van der Waals surface area contributed by atoms with Gasteiger partial charge in [-0.25, -0.2) is 4.79 Å². The Hall–Kier alpha value is -3.36. The van der Waals surface area contributed by atoms with Gasteiger partial charge in [0.1, 0.15) is 24.2 Å². The molecular formula is C21H33N7O6S. The van der Waals surface area contributed by atoms with E-state index in [4.69, 9.17) is 22.3 Å². The van der Waals surface area contributed by atoms with Crippen molar-refractivity contribution in [1.82, 2.24) is 16.0 Å². The molecule has 0 radical (unpaired) electrons. The molecule has 0 saturated heterocycles. The minimum Gasteiger partial charge on any atom is -0.480 e. The Labute approximate surface area is 208 Å². The first-order valence-corrected chi connectivity index (χ1v) is 11.4. The minimum atomic E-state index is -1.28. The average Bonchev–Trinajstić information content (AvgIpc) is 2.83. The number of benzene rings is 1. The Morgan fingerprint density at radius 2 is 1.51 bits per heavy atom. The van der Waals surface area contributed by atoms with E-state index in [1.807, 2.05) is 0 Å². The third kappa shape index (κ3) is 11.1. The highest BCUT2D eigenvalue weighted by atomic mass is 32.1. The second-order valence-electron chi connectivity index (χ2n) is 7.63. The molecule has 3 amide bonds. The molecule has 0 aromatic heterocycles. The molecule has 0 spiro atoms. The number of thiol groups is 1. The molecule has 0 bridgehead atoms. The standard InChI is InChI=1S/C21H33N7O6S/c22-13(10-29)17(30)26-14(7-4-8-25-21(23)24)18(31)27-15(9-12-5-2-1-3-6-12)19(32)28-16(11-35)20(33)34/h1-3,5-6,13-16,29,35H,4,7-11,22H2,(H,26,30)(H,27,31)(H,28,32)(H,33,34)(H4,23,24,25). The van der Waals surface area contributed by atoms with E-state index in [2.05, 4.69) is 33.6 Å². The van der Waals surface area contributed by atoms with Gasteiger partial charge in [0.25, 0.3) is 0 Å². The highest BCUT2D eigenvalue weighted by Crippen LogP contribution is 2.07. The molecular weight excluding hydrogens is 478 g/mol. The summed E-state index contributed by atoms with van der Waals surface area (Å²) >= 11 is 3.94. The molecule has 11 N–H and O–H groups in total. The van der Waals surface area contributed by atoms with Gasteiger partial charge in [-0.3, -0.25) is 19.4 Å². The molecule has 194 valence electrons. The summed E-state index contributed by atoms with van der Waals surface area (Å²) in [4.78, 5) is 53.3. The first kappa shape index (κ1) is 29.7. The van der Waals surface area contributed by atoms with Gasteiger partial charge in [-0.05, 0) is 18.4 Å². The van der Waals surface area contributed by atoms with Crippen LogP contribution in [0.15, 0.2) is 35.3 Å². The number of nitrogens with one attached hydrogen (secondary N) is 3. The Morgan fingerprint density at radius 1 is 0.943 bits per heavy atom. The SMILES string of the molecule is NC(N)=NCCCC(NC(=O)C(N)CO)C(=O)NC(Cc1ccccc1)C(=O)NC(CS)C(=O)O. The number of amides is 3. The summed E-state index contributed by atoms with van der Waals surface area (Å²) in [6, 6.07) is 3.98. The molecule has 1 aromatic rings. The van der Waals surface area contributed by atoms with Gasteiger partial charge in [-0.15, -0.1) is 0 Å². The van der Waals surface area contributed by atoms with Crippen LogP contribution in [0.3, 0.4) is 0 Å². The number of carboxylic acids is 1. The van der Waals surface area contributed by atoms with Crippen molar-refractivity contribution in [3.05, 3.63) is 35.9 Å². The van der Waals surface area contributed by atoms with Crippen LogP contribution in [0.25, 0.3) is 0 Å². The van der Waals surface area contributed by atoms with Crippen LogP contribution in [0.2, 0.25) is 0 Å². The number of carbonyl (C=O) groups excluding carboxylic acids is 3. The van der Waals surface area contributed by atoms with Crippen molar-refractivity contribution in [3.8, 4) is 0 Å². The monoisotopic (exact) mass is 511 g/mol. The van der Waals surface area contributed by atoms with Gasteiger partial charge in [-0.1, -0.05) is 30.3 Å². The number of guanidine groups is 1. The molecule has 1 aromatic carbocycles. The van der Waals surface area contributed by atoms with Crippen LogP contribution in [0.4, 0.5) is 0 Å². The molecule has 0 aliphatic rings. The highest BCUT2D eigenvalue weighted by Gasteiger charge is 2.30. The fraction of sp³-hybridized carbons (Fsp3) is 0.476. The summed E-state index contributed by atoms with van der Waals surface area (Å²) in [5, 5.41) is 25.7. The molecule has 0 aliphatic heterocycles. The molecule has 0 heterocycles. The van der Waals surface area contributed by atoms with Crippen molar-refractivity contribution in [2.75, 3.05) is 18.9 Å². The summed E-state index contributed by atoms with van der Waals surface area (Å²) in [5.41, 5.74) is 16.8. The van der Waals surface area contributed by atoms with Crippen molar-refractivity contribution >= 4 is 42.3 Å². The lowest BCUT2D eigenvalue weighted by Gasteiger charge is -2.25. The zero-order valence-corrected chi connectivity index (χ0v) is 20.0. The van der Waals surface area contributed by atoms with Crippen molar-refractivity contribution < 1.29 is 29.4 Å². The van der Waals surface area contributed by atoms with Gasteiger partial charge in [0.15, 0.2) is 5.96 Å². The summed E-state index contributed by atoms with van der Waals surface area (Å²) in [6.07, 6.45) is 0.462. The van der Waals surface area contributed by atoms with Crippen molar-refractivity contribution in [2.45, 2.75) is 43.4 Å². The lowest BCUT2D eigenvalue weighted by Crippen LogP contribution is -2.58. The Bertz CT molecular complexity index is 882. The topological polar surface area (TPSA) is 235 Å². The van der Waals surface area contributed by atoms with Gasteiger partial charge in [0.2, 0.25) is 17.7 Å². The van der Waals surface area contributed by atoms with Crippen LogP contribution in [-0.2, 0) is 25.6 Å². The third-order valence-electron chi connectivity index (χ3n) is 4.82. The number of aliphatic carboxylic acids is 1. The summed E-state index contributed by atoms with van der Waals surface area (Å²) in [7, 11) is 0. The second-order valence-corrected chi connectivity index (χ2v) is 8.00. The number of nitrogens with two attached hydrogens (primary N) is 3. The number of carbonyl (C=O) groups is 4. The van der Waals surface area contributed by atoms with E-state index in [0.29, 0.717) is 12.0 Å². The van der Waals surface area contributed by atoms with E-state index in [1.165, 1.54) is 0 Å². The Kier molecular flexibility index (Phi) is 13.2. The van der Waals surface area contributed by atoms with Crippen LogP contribution < -0.4 is 33.2 Å². The van der Waals surface area contributed by atoms with Crippen LogP contribution in [0.5, 0.6) is 0 Å². The van der Waals surface area contributed by atoms with Crippen molar-refractivity contribution in [2.24, 2.45) is 22.2 Å². The molecule has 0 aliphatic carbocycles. The predicted octanol–water partition coefficient (Wildman–Crippen LogP) is -2.93. The maximum atomic E-state index is 13.1. The zero-order chi connectivity index (χ0) is 26.4. The molecule has 14 heteroatoms. The largest absolute Gasteiger partial charge is 0.480 e. The van der Waals surface area contributed by atoms with Gasteiger partial charge in [-0.2, -0.15) is 12.6 Å². The smallest absolute Gasteiger partial charge is 0.327 e. The predicted molar refractivity (Wildman–Crippen MR) is 132 cm³/mol. The summed E-state index contributed by atoms with van der Waals surface area (Å²) < 4.78 is 0. The quantitative estimate of drug-likeness (QED) is 0.0506. The highest BCUT2D eigenvalue weighted by molar-refractivity contribution is 7.80. The number of carboxylic acid groups (broad SMARTS) is 1. The number of aliphatic hydroxyl groups excluding tert-OH is 1. The first-order valence-electron chi connectivity index (χ1n) is 10.8. The summed E-state index contributed by atoms with van der Waals surface area (Å²) in [5.74, 6) is -3.77. The van der Waals surface area contributed by atoms with E-state index in [1.54, 1.807) is 30.3 Å². The number of aliphatic hydroxyl groups is 1. The lowest BCUT2D eigenvalue weighted by molar-refractivity contribution is -0.141. The lowest BCUT2D eigenvalue weighted by atomic mass is 10.0. The number of nitrogens with zero attached hydrogens (tertiary/aromatic N) is 1. The molecule has 13 nitrogen and oxygen atoms in total. The van der Waals surface area contributed by atoms with Gasteiger partial charge in [0.05, 0.1) is 6.61 Å². The minimum absolute atomic E-state index is 0.0577. The molecule has 35 heavy (non-hydrogen) atoms. The van der Waals surface area contributed by atoms with Gasteiger partial charge >= 0.3 is 5.97 Å². The third-order valence-corrected chi connectivity index (χ3v) is 5.19. The zero-order valence-electron chi connectivity index (χ0n) is 19.1. The fourth-order valence-corrected chi connectivity index (χ4v) is 3.17. The fourth-order valence-electron chi connectivity index (χ4n) is 2.92. The van der Waals surface area contributed by atoms with Crippen LogP contribution >= 0.6 is 12.6 Å². The average molecular weight is 512 g/mol. The second kappa shape index (κ2) is 15.5.